The standard InChI is InChI=1S/C17H29NO2/c1-11(2)8-15(18)17(10-19)20-16-9-14(12(3)4)7-6-13(16)5/h6-7,9,11-12,15,17,19H,8,10,18H2,1-5H3. The molecule has 0 aromatic heterocycles. The van der Waals surface area contributed by atoms with Crippen LogP contribution >= 0.6 is 0 Å². The second-order valence-electron chi connectivity index (χ2n) is 6.31. The fraction of sp³-hybridized carbons (Fsp3) is 0.647. The van der Waals surface area contributed by atoms with E-state index in [1.165, 1.54) is 5.56 Å². The summed E-state index contributed by atoms with van der Waals surface area (Å²) in [5.41, 5.74) is 8.45. The number of rotatable bonds is 7. The molecule has 1 aromatic rings. The molecule has 0 radical (unpaired) electrons. The zero-order valence-electron chi connectivity index (χ0n) is 13.4. The first kappa shape index (κ1) is 17.0. The van der Waals surface area contributed by atoms with Gasteiger partial charge in [0.15, 0.2) is 0 Å². The molecule has 0 bridgehead atoms. The van der Waals surface area contributed by atoms with Gasteiger partial charge in [0.1, 0.15) is 11.9 Å². The Bertz CT molecular complexity index is 415. The zero-order chi connectivity index (χ0) is 15.3. The molecule has 1 aromatic carbocycles. The van der Waals surface area contributed by atoms with Crippen LogP contribution in [-0.4, -0.2) is 23.9 Å². The van der Waals surface area contributed by atoms with Crippen molar-refractivity contribution in [3.8, 4) is 5.75 Å². The summed E-state index contributed by atoms with van der Waals surface area (Å²) in [6, 6.07) is 6.09. The highest BCUT2D eigenvalue weighted by molar-refractivity contribution is 5.38. The van der Waals surface area contributed by atoms with Gasteiger partial charge in [-0.25, -0.2) is 0 Å². The van der Waals surface area contributed by atoms with Crippen molar-refractivity contribution in [2.24, 2.45) is 11.7 Å². The van der Waals surface area contributed by atoms with Crippen LogP contribution < -0.4 is 10.5 Å². The molecule has 0 aliphatic carbocycles. The molecule has 0 spiro atoms. The number of ether oxygens (including phenoxy) is 1. The van der Waals surface area contributed by atoms with Gasteiger partial charge in [-0.2, -0.15) is 0 Å². The molecular formula is C17H29NO2. The van der Waals surface area contributed by atoms with E-state index in [1.54, 1.807) is 0 Å². The van der Waals surface area contributed by atoms with Crippen LogP contribution in [0.15, 0.2) is 18.2 Å². The summed E-state index contributed by atoms with van der Waals surface area (Å²) in [5, 5.41) is 9.54. The van der Waals surface area contributed by atoms with E-state index in [0.717, 1.165) is 17.7 Å². The molecule has 2 atom stereocenters. The van der Waals surface area contributed by atoms with Crippen LogP contribution in [0.4, 0.5) is 0 Å². The number of aliphatic hydroxyl groups is 1. The normalized spacial score (nSPS) is 14.7. The van der Waals surface area contributed by atoms with Crippen molar-refractivity contribution in [2.75, 3.05) is 6.61 Å². The van der Waals surface area contributed by atoms with Crippen molar-refractivity contribution < 1.29 is 9.84 Å². The first-order valence-electron chi connectivity index (χ1n) is 7.48. The Morgan fingerprint density at radius 2 is 1.85 bits per heavy atom. The van der Waals surface area contributed by atoms with E-state index in [9.17, 15) is 5.11 Å². The highest BCUT2D eigenvalue weighted by Crippen LogP contribution is 2.26. The van der Waals surface area contributed by atoms with E-state index in [1.807, 2.05) is 6.92 Å². The second kappa shape index (κ2) is 7.65. The number of hydrogen-bond donors (Lipinski definition) is 2. The van der Waals surface area contributed by atoms with Gasteiger partial charge in [-0.05, 0) is 42.4 Å². The van der Waals surface area contributed by atoms with Crippen molar-refractivity contribution in [2.45, 2.75) is 59.1 Å². The van der Waals surface area contributed by atoms with Gasteiger partial charge in [0.2, 0.25) is 0 Å². The van der Waals surface area contributed by atoms with Crippen LogP contribution in [0.25, 0.3) is 0 Å². The molecular weight excluding hydrogens is 250 g/mol. The van der Waals surface area contributed by atoms with E-state index in [0.29, 0.717) is 11.8 Å². The van der Waals surface area contributed by atoms with Crippen LogP contribution in [0.3, 0.4) is 0 Å². The molecule has 20 heavy (non-hydrogen) atoms. The van der Waals surface area contributed by atoms with E-state index >= 15 is 0 Å². The van der Waals surface area contributed by atoms with E-state index in [-0.39, 0.29) is 18.8 Å². The van der Waals surface area contributed by atoms with Gasteiger partial charge in [-0.15, -0.1) is 0 Å². The minimum absolute atomic E-state index is 0.0563. The highest BCUT2D eigenvalue weighted by atomic mass is 16.5. The van der Waals surface area contributed by atoms with Gasteiger partial charge >= 0.3 is 0 Å². The lowest BCUT2D eigenvalue weighted by Gasteiger charge is -2.26. The summed E-state index contributed by atoms with van der Waals surface area (Å²) < 4.78 is 5.97. The van der Waals surface area contributed by atoms with Gasteiger partial charge < -0.3 is 15.6 Å². The minimum atomic E-state index is -0.349. The van der Waals surface area contributed by atoms with Crippen molar-refractivity contribution in [1.82, 2.24) is 0 Å². The fourth-order valence-corrected chi connectivity index (χ4v) is 2.22. The zero-order valence-corrected chi connectivity index (χ0v) is 13.4. The van der Waals surface area contributed by atoms with Crippen LogP contribution in [0.1, 0.15) is 51.2 Å². The largest absolute Gasteiger partial charge is 0.486 e. The van der Waals surface area contributed by atoms with Gasteiger partial charge in [-0.1, -0.05) is 39.8 Å². The molecule has 0 saturated heterocycles. The van der Waals surface area contributed by atoms with Gasteiger partial charge in [0.05, 0.1) is 6.61 Å². The summed E-state index contributed by atoms with van der Waals surface area (Å²) >= 11 is 0. The minimum Gasteiger partial charge on any atom is -0.486 e. The van der Waals surface area contributed by atoms with Crippen LogP contribution in [-0.2, 0) is 0 Å². The average molecular weight is 279 g/mol. The first-order chi connectivity index (χ1) is 9.35. The third kappa shape index (κ3) is 4.80. The maximum absolute atomic E-state index is 9.54. The summed E-state index contributed by atoms with van der Waals surface area (Å²) in [4.78, 5) is 0. The Morgan fingerprint density at radius 1 is 1.20 bits per heavy atom. The quantitative estimate of drug-likeness (QED) is 0.805. The Morgan fingerprint density at radius 3 is 2.35 bits per heavy atom. The van der Waals surface area contributed by atoms with E-state index in [2.05, 4.69) is 45.9 Å². The molecule has 3 heteroatoms. The lowest BCUT2D eigenvalue weighted by molar-refractivity contribution is 0.0875. The van der Waals surface area contributed by atoms with Crippen molar-refractivity contribution >= 4 is 0 Å². The molecule has 2 unspecified atom stereocenters. The number of aliphatic hydroxyl groups excluding tert-OH is 1. The Labute approximate surface area is 123 Å². The lowest BCUT2D eigenvalue weighted by Crippen LogP contribution is -2.42. The Kier molecular flexibility index (Phi) is 6.50. The van der Waals surface area contributed by atoms with Crippen molar-refractivity contribution in [3.63, 3.8) is 0 Å². The van der Waals surface area contributed by atoms with E-state index in [4.69, 9.17) is 10.5 Å². The van der Waals surface area contributed by atoms with Crippen LogP contribution in [0, 0.1) is 12.8 Å². The summed E-state index contributed by atoms with van der Waals surface area (Å²) in [5.74, 6) is 1.77. The topological polar surface area (TPSA) is 55.5 Å². The van der Waals surface area contributed by atoms with Gasteiger partial charge in [0, 0.05) is 6.04 Å². The molecule has 0 amide bonds. The fourth-order valence-electron chi connectivity index (χ4n) is 2.22. The molecule has 1 rings (SSSR count). The molecule has 3 nitrogen and oxygen atoms in total. The summed E-state index contributed by atoms with van der Waals surface area (Å²) in [7, 11) is 0. The molecule has 0 aliphatic rings. The average Bonchev–Trinajstić information content (AvgIpc) is 2.36. The number of nitrogens with two attached hydrogens (primary N) is 1. The predicted octanol–water partition coefficient (Wildman–Crippen LogP) is 3.23. The van der Waals surface area contributed by atoms with Crippen molar-refractivity contribution in [3.05, 3.63) is 29.3 Å². The van der Waals surface area contributed by atoms with Gasteiger partial charge in [-0.3, -0.25) is 0 Å². The van der Waals surface area contributed by atoms with Gasteiger partial charge in [0.25, 0.3) is 0 Å². The third-order valence-electron chi connectivity index (χ3n) is 3.56. The van der Waals surface area contributed by atoms with Crippen LogP contribution in [0.2, 0.25) is 0 Å². The smallest absolute Gasteiger partial charge is 0.137 e. The highest BCUT2D eigenvalue weighted by Gasteiger charge is 2.21. The van der Waals surface area contributed by atoms with Crippen LogP contribution in [0.5, 0.6) is 5.75 Å². The lowest BCUT2D eigenvalue weighted by atomic mass is 9.99. The number of hydrogen-bond acceptors (Lipinski definition) is 3. The maximum atomic E-state index is 9.54. The van der Waals surface area contributed by atoms with E-state index < -0.39 is 0 Å². The molecule has 0 aliphatic heterocycles. The molecule has 0 heterocycles. The third-order valence-corrected chi connectivity index (χ3v) is 3.56. The predicted molar refractivity (Wildman–Crippen MR) is 84.2 cm³/mol. The summed E-state index contributed by atoms with van der Waals surface area (Å²) in [6.45, 7) is 10.5. The summed E-state index contributed by atoms with van der Waals surface area (Å²) in [6.07, 6.45) is 0.493. The molecule has 0 saturated carbocycles. The number of aryl methyl sites for hydroxylation is 1. The molecule has 0 fully saturated rings. The van der Waals surface area contributed by atoms with Crippen molar-refractivity contribution in [1.29, 1.82) is 0 Å². The second-order valence-corrected chi connectivity index (χ2v) is 6.31. The number of benzene rings is 1. The molecule has 114 valence electrons. The SMILES string of the molecule is Cc1ccc(C(C)C)cc1OC(CO)C(N)CC(C)C. The maximum Gasteiger partial charge on any atom is 0.137 e. The Balaban J connectivity index is 2.86. The monoisotopic (exact) mass is 279 g/mol. The molecule has 3 N–H and O–H groups in total. The Hall–Kier alpha value is -1.06. The first-order valence-corrected chi connectivity index (χ1v) is 7.48.